The number of rotatable bonds is 6. The van der Waals surface area contributed by atoms with Crippen LogP contribution in [0.3, 0.4) is 0 Å². The molecule has 0 N–H and O–H groups in total. The average Bonchev–Trinajstić information content (AvgIpc) is 3.08. The zero-order chi connectivity index (χ0) is 11.1. The van der Waals surface area contributed by atoms with Crippen LogP contribution in [-0.4, -0.2) is 35.5 Å². The minimum Gasteiger partial charge on any atom is -0.369 e. The zero-order valence-electron chi connectivity index (χ0n) is 8.96. The first-order valence-corrected chi connectivity index (χ1v) is 6.11. The maximum atomic E-state index is 6.37. The second-order valence-electron chi connectivity index (χ2n) is 4.03. The summed E-state index contributed by atoms with van der Waals surface area (Å²) in [6, 6.07) is 0. The van der Waals surface area contributed by atoms with Crippen LogP contribution < -0.4 is 0 Å². The summed E-state index contributed by atoms with van der Waals surface area (Å²) < 4.78 is 16.2. The lowest BCUT2D eigenvalue weighted by atomic mass is 10.1. The third-order valence-electron chi connectivity index (χ3n) is 2.93. The number of ether oxygens (including phenoxy) is 3. The molecule has 2 aliphatic rings. The van der Waals surface area contributed by atoms with Crippen LogP contribution in [0.5, 0.6) is 0 Å². The number of alkyl halides is 2. The van der Waals surface area contributed by atoms with Gasteiger partial charge in [0.1, 0.15) is 12.2 Å². The van der Waals surface area contributed by atoms with Crippen molar-refractivity contribution in [3.8, 4) is 0 Å². The van der Waals surface area contributed by atoms with Gasteiger partial charge in [-0.15, -0.1) is 0 Å². The molecule has 0 bridgehead atoms. The van der Waals surface area contributed by atoms with E-state index in [0.29, 0.717) is 26.1 Å². The predicted molar refractivity (Wildman–Crippen MR) is 58.3 cm³/mol. The monoisotopic (exact) mass is 254 g/mol. The Morgan fingerprint density at radius 3 is 1.60 bits per heavy atom. The Labute approximate surface area is 100.0 Å². The van der Waals surface area contributed by atoms with Crippen molar-refractivity contribution in [3.05, 3.63) is 0 Å². The van der Waals surface area contributed by atoms with E-state index in [9.17, 15) is 0 Å². The van der Waals surface area contributed by atoms with Gasteiger partial charge < -0.3 is 14.2 Å². The second-order valence-corrected chi connectivity index (χ2v) is 5.31. The fourth-order valence-corrected chi connectivity index (χ4v) is 2.17. The summed E-state index contributed by atoms with van der Waals surface area (Å²) in [5, 5.41) is -1.60. The lowest BCUT2D eigenvalue weighted by Crippen LogP contribution is -2.44. The summed E-state index contributed by atoms with van der Waals surface area (Å²) in [5.41, 5.74) is 0. The van der Waals surface area contributed by atoms with E-state index in [1.54, 1.807) is 0 Å². The van der Waals surface area contributed by atoms with Crippen LogP contribution in [-0.2, 0) is 14.2 Å². The molecule has 3 nitrogen and oxygen atoms in total. The highest BCUT2D eigenvalue weighted by Crippen LogP contribution is 2.45. The van der Waals surface area contributed by atoms with E-state index in [-0.39, 0.29) is 12.2 Å². The summed E-state index contributed by atoms with van der Waals surface area (Å²) in [7, 11) is 0. The van der Waals surface area contributed by atoms with E-state index < -0.39 is 10.1 Å². The van der Waals surface area contributed by atoms with Gasteiger partial charge in [-0.25, -0.2) is 0 Å². The molecule has 0 amide bonds. The molecule has 15 heavy (non-hydrogen) atoms. The Morgan fingerprint density at radius 2 is 1.40 bits per heavy atom. The van der Waals surface area contributed by atoms with Crippen LogP contribution in [0.1, 0.15) is 26.7 Å². The van der Waals surface area contributed by atoms with Crippen LogP contribution in [0.15, 0.2) is 0 Å². The summed E-state index contributed by atoms with van der Waals surface area (Å²) in [4.78, 5) is 0. The van der Waals surface area contributed by atoms with Crippen molar-refractivity contribution in [3.63, 3.8) is 0 Å². The third kappa shape index (κ3) is 2.42. The molecular weight excluding hydrogens is 239 g/mol. The molecule has 0 saturated carbocycles. The Balaban J connectivity index is 2.03. The molecule has 2 aliphatic heterocycles. The molecule has 0 aromatic carbocycles. The quantitative estimate of drug-likeness (QED) is 0.540. The molecule has 88 valence electrons. The molecule has 2 fully saturated rings. The fourth-order valence-electron chi connectivity index (χ4n) is 1.61. The molecule has 2 rings (SSSR count). The lowest BCUT2D eigenvalue weighted by Gasteiger charge is -2.34. The van der Waals surface area contributed by atoms with Gasteiger partial charge in [0, 0.05) is 0 Å². The minimum atomic E-state index is -0.802. The van der Waals surface area contributed by atoms with Crippen molar-refractivity contribution in [1.82, 2.24) is 0 Å². The number of hydrogen-bond donors (Lipinski definition) is 0. The Kier molecular flexibility index (Phi) is 3.21. The maximum absolute atomic E-state index is 6.37. The second kappa shape index (κ2) is 4.04. The lowest BCUT2D eigenvalue weighted by molar-refractivity contribution is -0.0931. The highest BCUT2D eigenvalue weighted by molar-refractivity contribution is 6.26. The van der Waals surface area contributed by atoms with E-state index in [4.69, 9.17) is 37.4 Å². The summed E-state index contributed by atoms with van der Waals surface area (Å²) in [6.45, 7) is 5.24. The molecule has 2 saturated heterocycles. The van der Waals surface area contributed by atoms with Crippen molar-refractivity contribution in [2.24, 2.45) is 0 Å². The molecular formula is C10H16Cl2O3. The number of hydrogen-bond acceptors (Lipinski definition) is 3. The SMILES string of the molecule is CCC(Cl)(OC(Cl)(CC)C1CO1)C1CO1. The molecule has 0 aromatic rings. The zero-order valence-corrected chi connectivity index (χ0v) is 10.5. The Hall–Kier alpha value is 0.460. The smallest absolute Gasteiger partial charge is 0.172 e. The fraction of sp³-hybridized carbons (Fsp3) is 1.00. The van der Waals surface area contributed by atoms with Crippen molar-refractivity contribution in [2.45, 2.75) is 49.0 Å². The first-order chi connectivity index (χ1) is 7.04. The summed E-state index contributed by atoms with van der Waals surface area (Å²) in [6.07, 6.45) is 1.26. The Morgan fingerprint density at radius 1 is 1.07 bits per heavy atom. The van der Waals surface area contributed by atoms with E-state index >= 15 is 0 Å². The van der Waals surface area contributed by atoms with E-state index in [1.807, 2.05) is 13.8 Å². The van der Waals surface area contributed by atoms with Crippen LogP contribution in [0.4, 0.5) is 0 Å². The molecule has 0 spiro atoms. The Bertz CT molecular complexity index is 219. The molecule has 0 aliphatic carbocycles. The molecule has 0 radical (unpaired) electrons. The van der Waals surface area contributed by atoms with Gasteiger partial charge in [-0.2, -0.15) is 0 Å². The highest BCUT2D eigenvalue weighted by Gasteiger charge is 2.55. The minimum absolute atomic E-state index is 0.0346. The third-order valence-corrected chi connectivity index (χ3v) is 4.11. The maximum Gasteiger partial charge on any atom is 0.172 e. The summed E-state index contributed by atoms with van der Waals surface area (Å²) in [5.74, 6) is 0. The number of epoxide rings is 2. The highest BCUT2D eigenvalue weighted by atomic mass is 35.5. The van der Waals surface area contributed by atoms with E-state index in [2.05, 4.69) is 0 Å². The van der Waals surface area contributed by atoms with Gasteiger partial charge in [-0.3, -0.25) is 0 Å². The van der Waals surface area contributed by atoms with Crippen LogP contribution in [0, 0.1) is 0 Å². The van der Waals surface area contributed by atoms with E-state index in [0.717, 1.165) is 0 Å². The molecule has 2 heterocycles. The van der Waals surface area contributed by atoms with Gasteiger partial charge in [-0.05, 0) is 12.8 Å². The van der Waals surface area contributed by atoms with Gasteiger partial charge in [-0.1, -0.05) is 37.0 Å². The number of halogens is 2. The van der Waals surface area contributed by atoms with Gasteiger partial charge in [0.05, 0.1) is 13.2 Å². The summed E-state index contributed by atoms with van der Waals surface area (Å²) >= 11 is 12.7. The first-order valence-electron chi connectivity index (χ1n) is 5.35. The van der Waals surface area contributed by atoms with Crippen molar-refractivity contribution < 1.29 is 14.2 Å². The molecule has 4 unspecified atom stereocenters. The first kappa shape index (κ1) is 11.9. The average molecular weight is 255 g/mol. The largest absolute Gasteiger partial charge is 0.369 e. The van der Waals surface area contributed by atoms with Crippen LogP contribution in [0.2, 0.25) is 0 Å². The van der Waals surface area contributed by atoms with Gasteiger partial charge in [0.15, 0.2) is 10.1 Å². The van der Waals surface area contributed by atoms with Gasteiger partial charge >= 0.3 is 0 Å². The van der Waals surface area contributed by atoms with Crippen molar-refractivity contribution >= 4 is 23.2 Å². The van der Waals surface area contributed by atoms with Gasteiger partial charge in [0.25, 0.3) is 0 Å². The van der Waals surface area contributed by atoms with Gasteiger partial charge in [0.2, 0.25) is 0 Å². The van der Waals surface area contributed by atoms with Crippen molar-refractivity contribution in [1.29, 1.82) is 0 Å². The van der Waals surface area contributed by atoms with Crippen LogP contribution >= 0.6 is 23.2 Å². The molecule has 5 heteroatoms. The molecule has 0 aromatic heterocycles. The molecule has 4 atom stereocenters. The topological polar surface area (TPSA) is 34.3 Å². The van der Waals surface area contributed by atoms with Crippen LogP contribution in [0.25, 0.3) is 0 Å². The normalized spacial score (nSPS) is 36.8. The standard InChI is InChI=1S/C10H16Cl2O3/c1-3-9(11,7-5-13-7)15-10(12,4-2)8-6-14-8/h7-8H,3-6H2,1-2H3. The van der Waals surface area contributed by atoms with Crippen molar-refractivity contribution in [2.75, 3.05) is 13.2 Å². The predicted octanol–water partition coefficient (Wildman–Crippen LogP) is 2.49. The van der Waals surface area contributed by atoms with E-state index in [1.165, 1.54) is 0 Å².